The standard InChI is InChI=1S/C22H26ClN2OSi/c1-21(2,3)20(22(4,5)26-27)17-9-8-16-14-18(11-10-15(16)13-17)25-12-6-7-19(23)24-25/h6-14,20,24H,1-5H3. The van der Waals surface area contributed by atoms with Gasteiger partial charge in [0.05, 0.1) is 11.3 Å². The lowest BCUT2D eigenvalue weighted by Gasteiger charge is -2.42. The van der Waals surface area contributed by atoms with Gasteiger partial charge in [-0.05, 0) is 59.9 Å². The summed E-state index contributed by atoms with van der Waals surface area (Å²) in [6.45, 7) is 11.0. The van der Waals surface area contributed by atoms with Crippen molar-refractivity contribution in [2.45, 2.75) is 46.1 Å². The van der Waals surface area contributed by atoms with Gasteiger partial charge in [-0.15, -0.1) is 0 Å². The van der Waals surface area contributed by atoms with E-state index in [1.54, 1.807) is 0 Å². The molecule has 3 radical (unpaired) electrons. The molecule has 0 saturated heterocycles. The Kier molecular flexibility index (Phi) is 5.44. The van der Waals surface area contributed by atoms with Crippen LogP contribution in [0.4, 0.5) is 5.69 Å². The monoisotopic (exact) mass is 397 g/mol. The molecule has 3 rings (SSSR count). The quantitative estimate of drug-likeness (QED) is 0.523. The molecule has 1 N–H and O–H groups in total. The van der Waals surface area contributed by atoms with E-state index in [1.165, 1.54) is 16.3 Å². The lowest BCUT2D eigenvalue weighted by molar-refractivity contribution is 0.0405. The molecule has 1 atom stereocenters. The zero-order valence-electron chi connectivity index (χ0n) is 16.5. The van der Waals surface area contributed by atoms with Crippen LogP contribution >= 0.6 is 11.6 Å². The lowest BCUT2D eigenvalue weighted by Crippen LogP contribution is -2.39. The predicted molar refractivity (Wildman–Crippen MR) is 116 cm³/mol. The van der Waals surface area contributed by atoms with Gasteiger partial charge in [-0.2, -0.15) is 0 Å². The molecule has 0 fully saturated rings. The molecule has 1 unspecified atom stereocenters. The molecule has 2 aromatic carbocycles. The Labute approximate surface area is 170 Å². The number of anilines is 1. The first-order valence-corrected chi connectivity index (χ1v) is 9.89. The van der Waals surface area contributed by atoms with Crippen LogP contribution < -0.4 is 10.4 Å². The fourth-order valence-corrected chi connectivity index (χ4v) is 4.42. The summed E-state index contributed by atoms with van der Waals surface area (Å²) in [5.74, 6) is 0.224. The number of halogens is 1. The Morgan fingerprint density at radius 1 is 1.04 bits per heavy atom. The van der Waals surface area contributed by atoms with Gasteiger partial charge in [-0.25, -0.2) is 0 Å². The molecule has 3 nitrogen and oxygen atoms in total. The highest BCUT2D eigenvalue weighted by molar-refractivity contribution is 6.29. The number of fused-ring (bicyclic) bond motifs is 1. The van der Waals surface area contributed by atoms with E-state index >= 15 is 0 Å². The maximum Gasteiger partial charge on any atom is 0.247 e. The summed E-state index contributed by atoms with van der Waals surface area (Å²) in [6, 6.07) is 13.1. The van der Waals surface area contributed by atoms with Crippen molar-refractivity contribution >= 4 is 38.5 Å². The Morgan fingerprint density at radius 2 is 1.70 bits per heavy atom. The second kappa shape index (κ2) is 7.34. The second-order valence-corrected chi connectivity index (χ2v) is 9.24. The number of rotatable bonds is 4. The third-order valence-corrected chi connectivity index (χ3v) is 5.73. The third kappa shape index (κ3) is 4.23. The van der Waals surface area contributed by atoms with Crippen molar-refractivity contribution in [2.75, 3.05) is 5.01 Å². The van der Waals surface area contributed by atoms with Crippen LogP contribution in [0.1, 0.15) is 46.1 Å². The highest BCUT2D eigenvalue weighted by Gasteiger charge is 2.39. The van der Waals surface area contributed by atoms with Gasteiger partial charge in [0, 0.05) is 12.1 Å². The fraction of sp³-hybridized carbons (Fsp3) is 0.364. The van der Waals surface area contributed by atoms with Crippen LogP contribution in [0.2, 0.25) is 0 Å². The van der Waals surface area contributed by atoms with Crippen LogP contribution in [0.25, 0.3) is 10.8 Å². The van der Waals surface area contributed by atoms with E-state index in [4.69, 9.17) is 16.0 Å². The molecular formula is C22H26ClN2OSi. The van der Waals surface area contributed by atoms with E-state index in [-0.39, 0.29) is 16.9 Å². The van der Waals surface area contributed by atoms with Gasteiger partial charge >= 0.3 is 0 Å². The van der Waals surface area contributed by atoms with Gasteiger partial charge in [-0.1, -0.05) is 56.6 Å². The van der Waals surface area contributed by atoms with Gasteiger partial charge in [0.15, 0.2) is 0 Å². The normalized spacial score (nSPS) is 16.3. The highest BCUT2D eigenvalue weighted by atomic mass is 35.5. The van der Waals surface area contributed by atoms with Crippen molar-refractivity contribution in [1.82, 2.24) is 5.43 Å². The van der Waals surface area contributed by atoms with Gasteiger partial charge in [-0.3, -0.25) is 10.4 Å². The summed E-state index contributed by atoms with van der Waals surface area (Å²) in [4.78, 5) is 0. The summed E-state index contributed by atoms with van der Waals surface area (Å²) >= 11 is 6.08. The SMILES string of the molecule is CC(C)(C)C(c1ccc2cc(N3C=CC=C(Cl)N3)ccc2c1)C(C)(C)O[Si]. The minimum atomic E-state index is -0.339. The second-order valence-electron chi connectivity index (χ2n) is 8.63. The van der Waals surface area contributed by atoms with Crippen molar-refractivity contribution < 1.29 is 4.43 Å². The summed E-state index contributed by atoms with van der Waals surface area (Å²) in [7, 11) is 3.29. The summed E-state index contributed by atoms with van der Waals surface area (Å²) in [5.41, 5.74) is 5.14. The molecule has 0 amide bonds. The fourth-order valence-electron chi connectivity index (χ4n) is 4.14. The average molecular weight is 398 g/mol. The van der Waals surface area contributed by atoms with Gasteiger partial charge in [0.1, 0.15) is 5.16 Å². The number of nitrogens with zero attached hydrogens (tertiary/aromatic N) is 1. The first-order chi connectivity index (χ1) is 12.6. The van der Waals surface area contributed by atoms with E-state index in [2.05, 4.69) is 86.9 Å². The maximum atomic E-state index is 6.08. The predicted octanol–water partition coefficient (Wildman–Crippen LogP) is 5.77. The van der Waals surface area contributed by atoms with Crippen LogP contribution in [0.15, 0.2) is 59.9 Å². The van der Waals surface area contributed by atoms with Crippen molar-refractivity contribution in [1.29, 1.82) is 0 Å². The minimum Gasteiger partial charge on any atom is -0.413 e. The van der Waals surface area contributed by atoms with Crippen molar-refractivity contribution in [3.8, 4) is 0 Å². The van der Waals surface area contributed by atoms with E-state index in [1.807, 2.05) is 23.4 Å². The number of allylic oxidation sites excluding steroid dienone is 2. The summed E-state index contributed by atoms with van der Waals surface area (Å²) in [6.07, 6.45) is 5.69. The molecule has 0 bridgehead atoms. The zero-order chi connectivity index (χ0) is 19.8. The van der Waals surface area contributed by atoms with E-state index in [9.17, 15) is 0 Å². The Morgan fingerprint density at radius 3 is 2.33 bits per heavy atom. The first-order valence-electron chi connectivity index (χ1n) is 9.10. The number of hydrazine groups is 1. The molecule has 0 aliphatic carbocycles. The average Bonchev–Trinajstić information content (AvgIpc) is 2.60. The van der Waals surface area contributed by atoms with Crippen LogP contribution in [0.3, 0.4) is 0 Å². The molecule has 1 heterocycles. The van der Waals surface area contributed by atoms with Crippen LogP contribution in [0.5, 0.6) is 0 Å². The van der Waals surface area contributed by atoms with Crippen molar-refractivity contribution in [3.05, 3.63) is 65.5 Å². The number of benzene rings is 2. The Hall–Kier alpha value is -1.75. The molecule has 0 aromatic heterocycles. The number of nitrogens with one attached hydrogen (secondary N) is 1. The first kappa shape index (κ1) is 20.0. The maximum absolute atomic E-state index is 6.08. The molecule has 27 heavy (non-hydrogen) atoms. The smallest absolute Gasteiger partial charge is 0.247 e. The van der Waals surface area contributed by atoms with Gasteiger partial charge in [0.2, 0.25) is 10.5 Å². The van der Waals surface area contributed by atoms with E-state index in [0.29, 0.717) is 5.16 Å². The Balaban J connectivity index is 1.99. The highest BCUT2D eigenvalue weighted by Crippen LogP contribution is 2.45. The minimum absolute atomic E-state index is 0.0510. The third-order valence-electron chi connectivity index (χ3n) is 4.99. The van der Waals surface area contributed by atoms with Gasteiger partial charge < -0.3 is 4.43 Å². The van der Waals surface area contributed by atoms with Crippen LogP contribution in [0, 0.1) is 5.41 Å². The van der Waals surface area contributed by atoms with E-state index < -0.39 is 0 Å². The molecule has 0 saturated carbocycles. The van der Waals surface area contributed by atoms with Crippen molar-refractivity contribution in [2.24, 2.45) is 5.41 Å². The number of hydrogen-bond donors (Lipinski definition) is 1. The lowest BCUT2D eigenvalue weighted by atomic mass is 9.68. The molecule has 5 heteroatoms. The van der Waals surface area contributed by atoms with Crippen LogP contribution in [-0.2, 0) is 4.43 Å². The molecule has 1 aliphatic heterocycles. The van der Waals surface area contributed by atoms with E-state index in [0.717, 1.165) is 5.69 Å². The van der Waals surface area contributed by atoms with Gasteiger partial charge in [0.25, 0.3) is 0 Å². The topological polar surface area (TPSA) is 24.5 Å². The molecule has 141 valence electrons. The largest absolute Gasteiger partial charge is 0.413 e. The molecule has 1 aliphatic rings. The van der Waals surface area contributed by atoms with Crippen molar-refractivity contribution in [3.63, 3.8) is 0 Å². The zero-order valence-corrected chi connectivity index (χ0v) is 18.3. The summed E-state index contributed by atoms with van der Waals surface area (Å²) in [5, 5.41) is 4.90. The Bertz CT molecular complexity index is 899. The summed E-state index contributed by atoms with van der Waals surface area (Å²) < 4.78 is 5.67. The van der Waals surface area contributed by atoms with Crippen LogP contribution in [-0.4, -0.2) is 16.1 Å². The molecule has 0 spiro atoms. The molecule has 2 aromatic rings. The molecular weight excluding hydrogens is 372 g/mol. The number of hydrogen-bond acceptors (Lipinski definition) is 3.